The fourth-order valence-electron chi connectivity index (χ4n) is 1.37. The third kappa shape index (κ3) is 0.441. The van der Waals surface area contributed by atoms with Crippen LogP contribution in [0, 0.1) is 0 Å². The number of fused-ring (bicyclic) bond motifs is 1. The first-order valence-corrected chi connectivity index (χ1v) is 3.74. The predicted octanol–water partition coefficient (Wildman–Crippen LogP) is 0.593. The van der Waals surface area contributed by atoms with Crippen LogP contribution in [0.4, 0.5) is 0 Å². The zero-order valence-corrected chi connectivity index (χ0v) is 5.00. The molecule has 0 aromatic carbocycles. The Bertz CT molecular complexity index is 90.7. The van der Waals surface area contributed by atoms with Crippen LogP contribution in [-0.2, 0) is 0 Å². The van der Waals surface area contributed by atoms with E-state index in [9.17, 15) is 0 Å². The first-order valence-electron chi connectivity index (χ1n) is 2.69. The van der Waals surface area contributed by atoms with Crippen molar-refractivity contribution in [2.45, 2.75) is 23.6 Å². The SMILES string of the molecule is NC12CSC(C1)C2. The molecule has 0 aromatic rings. The summed E-state index contributed by atoms with van der Waals surface area (Å²) in [5.41, 5.74) is 6.12. The molecule has 0 unspecified atom stereocenters. The van der Waals surface area contributed by atoms with Gasteiger partial charge in [0.2, 0.25) is 0 Å². The molecule has 0 amide bonds. The molecule has 2 bridgehead atoms. The van der Waals surface area contributed by atoms with Crippen LogP contribution < -0.4 is 5.73 Å². The summed E-state index contributed by atoms with van der Waals surface area (Å²) >= 11 is 2.05. The maximum absolute atomic E-state index is 5.82. The molecule has 2 aliphatic heterocycles. The van der Waals surface area contributed by atoms with E-state index >= 15 is 0 Å². The maximum Gasteiger partial charge on any atom is 0.0267 e. The van der Waals surface area contributed by atoms with Gasteiger partial charge in [-0.15, -0.1) is 0 Å². The van der Waals surface area contributed by atoms with Gasteiger partial charge in [-0.05, 0) is 12.8 Å². The van der Waals surface area contributed by atoms with Crippen molar-refractivity contribution in [2.24, 2.45) is 5.73 Å². The fraction of sp³-hybridized carbons (Fsp3) is 1.00. The molecule has 0 spiro atoms. The van der Waals surface area contributed by atoms with E-state index in [4.69, 9.17) is 5.73 Å². The van der Waals surface area contributed by atoms with Crippen LogP contribution in [0.1, 0.15) is 12.8 Å². The summed E-state index contributed by atoms with van der Waals surface area (Å²) in [4.78, 5) is 0. The molecule has 7 heavy (non-hydrogen) atoms. The summed E-state index contributed by atoms with van der Waals surface area (Å²) in [5.74, 6) is 1.22. The van der Waals surface area contributed by atoms with Crippen molar-refractivity contribution < 1.29 is 0 Å². The van der Waals surface area contributed by atoms with Crippen molar-refractivity contribution in [1.82, 2.24) is 0 Å². The molecule has 2 N–H and O–H groups in total. The first kappa shape index (κ1) is 4.21. The lowest BCUT2D eigenvalue weighted by atomic mass is 9.80. The molecule has 1 aliphatic carbocycles. The highest BCUT2D eigenvalue weighted by Gasteiger charge is 2.47. The monoisotopic (exact) mass is 115 g/mol. The van der Waals surface area contributed by atoms with Gasteiger partial charge in [-0.1, -0.05) is 0 Å². The number of rotatable bonds is 0. The van der Waals surface area contributed by atoms with Crippen molar-refractivity contribution in [2.75, 3.05) is 5.75 Å². The predicted molar refractivity (Wildman–Crippen MR) is 32.4 cm³/mol. The Morgan fingerprint density at radius 2 is 2.29 bits per heavy atom. The van der Waals surface area contributed by atoms with E-state index in [0.29, 0.717) is 5.54 Å². The quantitative estimate of drug-likeness (QED) is 0.500. The third-order valence-corrected chi connectivity index (χ3v) is 3.42. The van der Waals surface area contributed by atoms with Crippen LogP contribution in [0.5, 0.6) is 0 Å². The largest absolute Gasteiger partial charge is 0.324 e. The van der Waals surface area contributed by atoms with Crippen LogP contribution >= 0.6 is 11.8 Å². The summed E-state index contributed by atoms with van der Waals surface area (Å²) in [7, 11) is 0. The minimum Gasteiger partial charge on any atom is -0.324 e. The van der Waals surface area contributed by atoms with E-state index in [1.54, 1.807) is 0 Å². The van der Waals surface area contributed by atoms with E-state index in [1.165, 1.54) is 18.6 Å². The number of hydrogen-bond donors (Lipinski definition) is 1. The van der Waals surface area contributed by atoms with Crippen molar-refractivity contribution in [1.29, 1.82) is 0 Å². The third-order valence-electron chi connectivity index (χ3n) is 1.87. The second kappa shape index (κ2) is 1.00. The maximum atomic E-state index is 5.82. The van der Waals surface area contributed by atoms with Crippen molar-refractivity contribution in [3.05, 3.63) is 0 Å². The Balaban J connectivity index is 2.20. The summed E-state index contributed by atoms with van der Waals surface area (Å²) in [5, 5.41) is 0.949. The van der Waals surface area contributed by atoms with Crippen LogP contribution in [0.2, 0.25) is 0 Å². The average molecular weight is 115 g/mol. The molecule has 3 fully saturated rings. The molecule has 1 saturated carbocycles. The van der Waals surface area contributed by atoms with Gasteiger partial charge >= 0.3 is 0 Å². The number of hydrogen-bond acceptors (Lipinski definition) is 2. The zero-order chi connectivity index (χ0) is 4.91. The van der Waals surface area contributed by atoms with Crippen LogP contribution in [0.3, 0.4) is 0 Å². The summed E-state index contributed by atoms with van der Waals surface area (Å²) < 4.78 is 0. The molecule has 2 saturated heterocycles. The lowest BCUT2D eigenvalue weighted by Crippen LogP contribution is -2.48. The topological polar surface area (TPSA) is 26.0 Å². The minimum absolute atomic E-state index is 0.301. The molecule has 40 valence electrons. The molecule has 2 heteroatoms. The molecule has 1 nitrogen and oxygen atoms in total. The van der Waals surface area contributed by atoms with Crippen molar-refractivity contribution >= 4 is 11.8 Å². The smallest absolute Gasteiger partial charge is 0.0267 e. The van der Waals surface area contributed by atoms with Crippen LogP contribution in [0.25, 0.3) is 0 Å². The van der Waals surface area contributed by atoms with Crippen LogP contribution in [0.15, 0.2) is 0 Å². The molecular formula is C5H9NS. The van der Waals surface area contributed by atoms with Gasteiger partial charge in [0, 0.05) is 16.5 Å². The number of nitrogens with two attached hydrogens (primary N) is 1. The van der Waals surface area contributed by atoms with E-state index in [1.807, 2.05) is 11.8 Å². The average Bonchev–Trinajstić information content (AvgIpc) is 1.88. The highest BCUT2D eigenvalue weighted by molar-refractivity contribution is 8.00. The molecule has 2 heterocycles. The van der Waals surface area contributed by atoms with Crippen molar-refractivity contribution in [3.63, 3.8) is 0 Å². The molecule has 3 rings (SSSR count). The Morgan fingerprint density at radius 1 is 1.57 bits per heavy atom. The lowest BCUT2D eigenvalue weighted by molar-refractivity contribution is 0.322. The second-order valence-electron chi connectivity index (χ2n) is 2.70. The molecule has 0 atom stereocenters. The van der Waals surface area contributed by atoms with Gasteiger partial charge in [-0.25, -0.2) is 0 Å². The van der Waals surface area contributed by atoms with Gasteiger partial charge in [0.15, 0.2) is 0 Å². The van der Waals surface area contributed by atoms with Gasteiger partial charge in [0.1, 0.15) is 0 Å². The summed E-state index contributed by atoms with van der Waals surface area (Å²) in [6.45, 7) is 0. The highest BCUT2D eigenvalue weighted by Crippen LogP contribution is 2.48. The Hall–Kier alpha value is 0.310. The van der Waals surface area contributed by atoms with E-state index in [0.717, 1.165) is 5.25 Å². The minimum atomic E-state index is 0.301. The second-order valence-corrected chi connectivity index (χ2v) is 3.99. The Labute approximate surface area is 47.7 Å². The highest BCUT2D eigenvalue weighted by atomic mass is 32.2. The van der Waals surface area contributed by atoms with Crippen LogP contribution in [-0.4, -0.2) is 16.5 Å². The van der Waals surface area contributed by atoms with E-state index in [2.05, 4.69) is 0 Å². The first-order chi connectivity index (χ1) is 3.29. The Kier molecular flexibility index (Phi) is 0.605. The van der Waals surface area contributed by atoms with Gasteiger partial charge in [-0.3, -0.25) is 0 Å². The molecular weight excluding hydrogens is 106 g/mol. The molecule has 0 aromatic heterocycles. The zero-order valence-electron chi connectivity index (χ0n) is 4.18. The molecule has 0 radical (unpaired) electrons. The van der Waals surface area contributed by atoms with E-state index < -0.39 is 0 Å². The van der Waals surface area contributed by atoms with Gasteiger partial charge in [-0.2, -0.15) is 11.8 Å². The number of thioether (sulfide) groups is 1. The summed E-state index contributed by atoms with van der Waals surface area (Å²) in [6.07, 6.45) is 2.58. The lowest BCUT2D eigenvalue weighted by Gasteiger charge is -2.32. The normalized spacial score (nSPS) is 57.0. The summed E-state index contributed by atoms with van der Waals surface area (Å²) in [6, 6.07) is 0. The van der Waals surface area contributed by atoms with Gasteiger partial charge in [0.05, 0.1) is 0 Å². The van der Waals surface area contributed by atoms with Gasteiger partial charge in [0.25, 0.3) is 0 Å². The fourth-order valence-corrected chi connectivity index (χ4v) is 3.07. The standard InChI is InChI=1S/C5H9NS/c6-5-1-4(2-5)7-3-5/h4H,1-3,6H2. The molecule has 3 aliphatic rings. The van der Waals surface area contributed by atoms with Gasteiger partial charge < -0.3 is 5.73 Å². The Morgan fingerprint density at radius 3 is 2.43 bits per heavy atom. The van der Waals surface area contributed by atoms with E-state index in [-0.39, 0.29) is 0 Å². The van der Waals surface area contributed by atoms with Crippen molar-refractivity contribution in [3.8, 4) is 0 Å².